The van der Waals surface area contributed by atoms with E-state index < -0.39 is 27.4 Å². The number of β-amino-alcohol motifs (C(OH)–C–C–N with tert-alkyl or cyclic N) is 1. The lowest BCUT2D eigenvalue weighted by Crippen LogP contribution is -2.52. The van der Waals surface area contributed by atoms with E-state index in [-0.39, 0.29) is 37.5 Å². The summed E-state index contributed by atoms with van der Waals surface area (Å²) in [6.07, 6.45) is 1.36. The molecule has 3 heterocycles. The van der Waals surface area contributed by atoms with E-state index in [1.54, 1.807) is 30.8 Å². The SMILES string of the molecule is CCOC(=O)[C@@H]1[C@H]2C(=O)N(CCO)C(C(=O)Nc3c(C)cccc3Cl)C23CC[C@@]1(C)S3. The molecule has 3 aliphatic rings. The molecule has 3 saturated heterocycles. The summed E-state index contributed by atoms with van der Waals surface area (Å²) < 4.78 is 4.12. The van der Waals surface area contributed by atoms with Gasteiger partial charge in [-0.1, -0.05) is 23.7 Å². The van der Waals surface area contributed by atoms with Gasteiger partial charge in [0.1, 0.15) is 6.04 Å². The minimum atomic E-state index is -0.806. The standard InChI is InChI=1S/C22H27ClN2O5S/c1-4-30-20(29)15-14-19(28)25(10-11-26)17(22(14)9-8-21(15,3)31-22)18(27)24-16-12(2)6-5-7-13(16)23/h5-7,14-15,17,26H,4,8-11H2,1-3H3,(H,24,27)/t14-,15-,17?,21+,22?/m0/s1. The Hall–Kier alpha value is -1.77. The third-order valence-electron chi connectivity index (χ3n) is 6.88. The van der Waals surface area contributed by atoms with Gasteiger partial charge in [0.25, 0.3) is 0 Å². The Labute approximate surface area is 190 Å². The van der Waals surface area contributed by atoms with Crippen LogP contribution < -0.4 is 5.32 Å². The van der Waals surface area contributed by atoms with E-state index in [9.17, 15) is 19.5 Å². The Bertz CT molecular complexity index is 922. The van der Waals surface area contributed by atoms with Crippen LogP contribution in [0.4, 0.5) is 5.69 Å². The van der Waals surface area contributed by atoms with Crippen molar-refractivity contribution in [3.63, 3.8) is 0 Å². The summed E-state index contributed by atoms with van der Waals surface area (Å²) in [4.78, 5) is 41.4. The molecule has 3 fully saturated rings. The van der Waals surface area contributed by atoms with Crippen molar-refractivity contribution in [2.24, 2.45) is 11.8 Å². The van der Waals surface area contributed by atoms with Gasteiger partial charge in [0.05, 0.1) is 40.5 Å². The number of esters is 1. The summed E-state index contributed by atoms with van der Waals surface area (Å²) in [7, 11) is 0. The fourth-order valence-corrected chi connectivity index (χ4v) is 8.26. The third-order valence-corrected chi connectivity index (χ3v) is 9.18. The third kappa shape index (κ3) is 3.26. The number of fused-ring (bicyclic) bond motifs is 1. The maximum absolute atomic E-state index is 13.6. The molecule has 5 atom stereocenters. The molecule has 0 saturated carbocycles. The number of para-hydroxylation sites is 1. The number of carbonyl (C=O) groups excluding carboxylic acids is 3. The van der Waals surface area contributed by atoms with Crippen LogP contribution in [0.15, 0.2) is 18.2 Å². The number of amides is 2. The maximum atomic E-state index is 13.6. The maximum Gasteiger partial charge on any atom is 0.311 e. The van der Waals surface area contributed by atoms with Gasteiger partial charge in [-0.3, -0.25) is 14.4 Å². The molecule has 1 aromatic carbocycles. The highest BCUT2D eigenvalue weighted by atomic mass is 35.5. The second-order valence-electron chi connectivity index (χ2n) is 8.66. The average Bonchev–Trinajstić information content (AvgIpc) is 3.27. The fraction of sp³-hybridized carbons (Fsp3) is 0.591. The first kappa shape index (κ1) is 22.4. The number of ether oxygens (including phenoxy) is 1. The van der Waals surface area contributed by atoms with Gasteiger partial charge in [0.2, 0.25) is 11.8 Å². The zero-order valence-corrected chi connectivity index (χ0v) is 19.4. The number of rotatable bonds is 6. The Morgan fingerprint density at radius 3 is 2.77 bits per heavy atom. The lowest BCUT2D eigenvalue weighted by molar-refractivity contribution is -0.155. The number of nitrogens with one attached hydrogen (secondary N) is 1. The molecule has 1 aromatic rings. The van der Waals surface area contributed by atoms with Crippen LogP contribution in [0.1, 0.15) is 32.3 Å². The molecule has 3 aliphatic heterocycles. The average molecular weight is 467 g/mol. The summed E-state index contributed by atoms with van der Waals surface area (Å²) in [5.41, 5.74) is 1.32. The van der Waals surface area contributed by atoms with E-state index in [1.165, 1.54) is 4.90 Å². The highest BCUT2D eigenvalue weighted by Crippen LogP contribution is 2.71. The summed E-state index contributed by atoms with van der Waals surface area (Å²) in [5, 5.41) is 13.0. The number of aryl methyl sites for hydroxylation is 1. The number of carbonyl (C=O) groups is 3. The van der Waals surface area contributed by atoms with Crippen molar-refractivity contribution < 1.29 is 24.2 Å². The molecular formula is C22H27ClN2O5S. The van der Waals surface area contributed by atoms with Crippen LogP contribution in [0.5, 0.6) is 0 Å². The molecule has 2 unspecified atom stereocenters. The van der Waals surface area contributed by atoms with Gasteiger partial charge >= 0.3 is 5.97 Å². The summed E-state index contributed by atoms with van der Waals surface area (Å²) in [5.74, 6) is -2.25. The second-order valence-corrected chi connectivity index (χ2v) is 11.0. The van der Waals surface area contributed by atoms with Crippen molar-refractivity contribution in [3.05, 3.63) is 28.8 Å². The Balaban J connectivity index is 1.74. The van der Waals surface area contributed by atoms with Crippen molar-refractivity contribution in [2.45, 2.75) is 49.1 Å². The lowest BCUT2D eigenvalue weighted by atomic mass is 9.66. The quantitative estimate of drug-likeness (QED) is 0.626. The molecule has 0 aliphatic carbocycles. The first-order valence-electron chi connectivity index (χ1n) is 10.5. The van der Waals surface area contributed by atoms with Gasteiger partial charge in [0, 0.05) is 11.3 Å². The van der Waals surface area contributed by atoms with Crippen molar-refractivity contribution in [1.82, 2.24) is 4.90 Å². The topological polar surface area (TPSA) is 95.9 Å². The van der Waals surface area contributed by atoms with Gasteiger partial charge < -0.3 is 20.1 Å². The normalized spacial score (nSPS) is 33.5. The van der Waals surface area contributed by atoms with Gasteiger partial charge in [-0.05, 0) is 45.2 Å². The Morgan fingerprint density at radius 2 is 2.13 bits per heavy atom. The molecule has 0 radical (unpaired) electrons. The highest BCUT2D eigenvalue weighted by molar-refractivity contribution is 8.02. The van der Waals surface area contributed by atoms with Crippen molar-refractivity contribution in [3.8, 4) is 0 Å². The number of hydrogen-bond donors (Lipinski definition) is 2. The van der Waals surface area contributed by atoms with E-state index in [1.807, 2.05) is 19.9 Å². The van der Waals surface area contributed by atoms with Crippen LogP contribution >= 0.6 is 23.4 Å². The van der Waals surface area contributed by atoms with Crippen LogP contribution in [0, 0.1) is 18.8 Å². The molecule has 168 valence electrons. The molecule has 2 N–H and O–H groups in total. The predicted octanol–water partition coefficient (Wildman–Crippen LogP) is 2.62. The smallest absolute Gasteiger partial charge is 0.311 e. The molecule has 0 aromatic heterocycles. The van der Waals surface area contributed by atoms with E-state index in [0.29, 0.717) is 23.6 Å². The highest BCUT2D eigenvalue weighted by Gasteiger charge is 2.77. The van der Waals surface area contributed by atoms with Crippen LogP contribution in [0.3, 0.4) is 0 Å². The second kappa shape index (κ2) is 7.98. The van der Waals surface area contributed by atoms with Gasteiger partial charge in [-0.15, -0.1) is 11.8 Å². The van der Waals surface area contributed by atoms with Crippen LogP contribution in [0.2, 0.25) is 5.02 Å². The van der Waals surface area contributed by atoms with E-state index >= 15 is 0 Å². The summed E-state index contributed by atoms with van der Waals surface area (Å²) in [6, 6.07) is 4.55. The number of benzene rings is 1. The van der Waals surface area contributed by atoms with Crippen LogP contribution in [-0.4, -0.2) is 63.1 Å². The van der Waals surface area contributed by atoms with Crippen molar-refractivity contribution >= 4 is 46.8 Å². The minimum Gasteiger partial charge on any atom is -0.466 e. The minimum absolute atomic E-state index is 0.0312. The molecule has 4 rings (SSSR count). The molecule has 1 spiro atoms. The molecular weight excluding hydrogens is 440 g/mol. The first-order valence-corrected chi connectivity index (χ1v) is 11.7. The largest absolute Gasteiger partial charge is 0.466 e. The molecule has 31 heavy (non-hydrogen) atoms. The zero-order chi connectivity index (χ0) is 22.6. The van der Waals surface area contributed by atoms with Crippen molar-refractivity contribution in [1.29, 1.82) is 0 Å². The van der Waals surface area contributed by atoms with E-state index in [2.05, 4.69) is 5.32 Å². The predicted molar refractivity (Wildman–Crippen MR) is 119 cm³/mol. The monoisotopic (exact) mass is 466 g/mol. The first-order chi connectivity index (χ1) is 14.7. The van der Waals surface area contributed by atoms with Gasteiger partial charge in [0.15, 0.2) is 0 Å². The van der Waals surface area contributed by atoms with Crippen molar-refractivity contribution in [2.75, 3.05) is 25.1 Å². The summed E-state index contributed by atoms with van der Waals surface area (Å²) >= 11 is 7.88. The number of likely N-dealkylation sites (tertiary alicyclic amines) is 1. The van der Waals surface area contributed by atoms with Crippen LogP contribution in [0.25, 0.3) is 0 Å². The fourth-order valence-electron chi connectivity index (χ4n) is 5.65. The molecule has 2 amide bonds. The lowest BCUT2D eigenvalue weighted by Gasteiger charge is -2.34. The van der Waals surface area contributed by atoms with Gasteiger partial charge in [-0.2, -0.15) is 0 Å². The Kier molecular flexibility index (Phi) is 5.77. The molecule has 2 bridgehead atoms. The molecule has 9 heteroatoms. The number of hydrogen-bond acceptors (Lipinski definition) is 6. The zero-order valence-electron chi connectivity index (χ0n) is 17.8. The number of aliphatic hydroxyl groups is 1. The van der Waals surface area contributed by atoms with E-state index in [4.69, 9.17) is 16.3 Å². The van der Waals surface area contributed by atoms with Crippen LogP contribution in [-0.2, 0) is 19.1 Å². The van der Waals surface area contributed by atoms with E-state index in [0.717, 1.165) is 5.56 Å². The molecule has 7 nitrogen and oxygen atoms in total. The number of nitrogens with zero attached hydrogens (tertiary/aromatic N) is 1. The number of thioether (sulfide) groups is 1. The number of anilines is 1. The Morgan fingerprint density at radius 1 is 1.39 bits per heavy atom. The number of aliphatic hydroxyl groups excluding tert-OH is 1. The van der Waals surface area contributed by atoms with Gasteiger partial charge in [-0.25, -0.2) is 0 Å². The number of halogens is 1. The summed E-state index contributed by atoms with van der Waals surface area (Å²) in [6.45, 7) is 5.58.